The zero-order valence-electron chi connectivity index (χ0n) is 10.6. The summed E-state index contributed by atoms with van der Waals surface area (Å²) < 4.78 is 13.7. The summed E-state index contributed by atoms with van der Waals surface area (Å²) in [4.78, 5) is 0. The minimum atomic E-state index is -0.296. The van der Waals surface area contributed by atoms with E-state index in [1.54, 1.807) is 6.20 Å². The van der Waals surface area contributed by atoms with E-state index in [1.807, 2.05) is 31.5 Å². The van der Waals surface area contributed by atoms with Crippen LogP contribution in [0.25, 0.3) is 0 Å². The second-order valence-corrected chi connectivity index (χ2v) is 5.13. The zero-order chi connectivity index (χ0) is 11.9. The van der Waals surface area contributed by atoms with Crippen LogP contribution in [-0.2, 0) is 9.31 Å². The normalized spacial score (nSPS) is 24.4. The third-order valence-corrected chi connectivity index (χ3v) is 3.15. The Labute approximate surface area is 97.1 Å². The Bertz CT molecular complexity index is 376. The smallest absolute Gasteiger partial charge is 0.401 e. The van der Waals surface area contributed by atoms with Crippen molar-refractivity contribution in [2.75, 3.05) is 0 Å². The molecule has 4 nitrogen and oxygen atoms in total. The maximum Gasteiger partial charge on any atom is 0.514 e. The van der Waals surface area contributed by atoms with Gasteiger partial charge in [0.25, 0.3) is 0 Å². The first kappa shape index (κ1) is 11.7. The maximum absolute atomic E-state index is 5.91. The van der Waals surface area contributed by atoms with Gasteiger partial charge in [-0.2, -0.15) is 5.10 Å². The third-order valence-electron chi connectivity index (χ3n) is 3.15. The van der Waals surface area contributed by atoms with Gasteiger partial charge >= 0.3 is 7.12 Å². The van der Waals surface area contributed by atoms with Crippen LogP contribution in [-0.4, -0.2) is 28.6 Å². The van der Waals surface area contributed by atoms with Gasteiger partial charge in [-0.15, -0.1) is 0 Å². The standard InChI is InChI=1S/C11H19BN2O2/c1-8(2)14-10(6-7-13-14)12-15-9(3)11(4,5)16-12/h6-9H,1-5H3. The number of aromatic nitrogens is 2. The highest BCUT2D eigenvalue weighted by atomic mass is 16.7. The van der Waals surface area contributed by atoms with Crippen LogP contribution in [0.3, 0.4) is 0 Å². The van der Waals surface area contributed by atoms with Crippen molar-refractivity contribution in [3.63, 3.8) is 0 Å². The predicted octanol–water partition coefficient (Wildman–Crippen LogP) is 1.37. The molecular formula is C11H19BN2O2. The first-order valence-electron chi connectivity index (χ1n) is 5.78. The highest BCUT2D eigenvalue weighted by Gasteiger charge is 2.45. The molecule has 0 aliphatic carbocycles. The number of rotatable bonds is 2. The van der Waals surface area contributed by atoms with E-state index in [4.69, 9.17) is 9.31 Å². The van der Waals surface area contributed by atoms with Crippen LogP contribution in [0.1, 0.15) is 40.7 Å². The fourth-order valence-electron chi connectivity index (χ4n) is 1.82. The molecule has 16 heavy (non-hydrogen) atoms. The average molecular weight is 222 g/mol. The molecule has 1 aromatic heterocycles. The molecule has 88 valence electrons. The molecule has 1 fully saturated rings. The molecule has 2 heterocycles. The van der Waals surface area contributed by atoms with Crippen LogP contribution in [0.5, 0.6) is 0 Å². The molecule has 1 aromatic rings. The molecule has 0 radical (unpaired) electrons. The molecule has 0 bridgehead atoms. The van der Waals surface area contributed by atoms with Gasteiger partial charge in [0, 0.05) is 12.2 Å². The van der Waals surface area contributed by atoms with Gasteiger partial charge in [0.05, 0.1) is 17.3 Å². The van der Waals surface area contributed by atoms with Crippen molar-refractivity contribution in [1.29, 1.82) is 0 Å². The van der Waals surface area contributed by atoms with E-state index in [2.05, 4.69) is 18.9 Å². The fourth-order valence-corrected chi connectivity index (χ4v) is 1.82. The van der Waals surface area contributed by atoms with Crippen LogP contribution in [0.4, 0.5) is 0 Å². The summed E-state index contributed by atoms with van der Waals surface area (Å²) in [6.45, 7) is 10.3. The second kappa shape index (κ2) is 3.89. The van der Waals surface area contributed by atoms with E-state index in [0.717, 1.165) is 5.59 Å². The molecule has 1 saturated heterocycles. The minimum Gasteiger partial charge on any atom is -0.401 e. The number of hydrogen-bond acceptors (Lipinski definition) is 3. The van der Waals surface area contributed by atoms with Gasteiger partial charge < -0.3 is 9.31 Å². The topological polar surface area (TPSA) is 36.3 Å². The maximum atomic E-state index is 5.91. The highest BCUT2D eigenvalue weighted by molar-refractivity contribution is 6.61. The summed E-state index contributed by atoms with van der Waals surface area (Å²) >= 11 is 0. The Morgan fingerprint density at radius 3 is 2.69 bits per heavy atom. The monoisotopic (exact) mass is 222 g/mol. The molecule has 1 aliphatic heterocycles. The van der Waals surface area contributed by atoms with Gasteiger partial charge in [-0.3, -0.25) is 4.68 Å². The van der Waals surface area contributed by atoms with E-state index in [-0.39, 0.29) is 18.8 Å². The van der Waals surface area contributed by atoms with Gasteiger partial charge in [-0.1, -0.05) is 0 Å². The van der Waals surface area contributed by atoms with E-state index in [0.29, 0.717) is 6.04 Å². The summed E-state index contributed by atoms with van der Waals surface area (Å²) in [5.41, 5.74) is 0.754. The van der Waals surface area contributed by atoms with Crippen molar-refractivity contribution in [3.8, 4) is 0 Å². The van der Waals surface area contributed by atoms with Crippen molar-refractivity contribution in [2.45, 2.75) is 52.4 Å². The Hall–Kier alpha value is -0.805. The fraction of sp³-hybridized carbons (Fsp3) is 0.727. The van der Waals surface area contributed by atoms with E-state index in [1.165, 1.54) is 0 Å². The predicted molar refractivity (Wildman–Crippen MR) is 63.7 cm³/mol. The van der Waals surface area contributed by atoms with Crippen LogP contribution >= 0.6 is 0 Å². The summed E-state index contributed by atoms with van der Waals surface area (Å²) in [6.07, 6.45) is 1.88. The summed E-state index contributed by atoms with van der Waals surface area (Å²) in [7, 11) is -0.296. The molecule has 0 spiro atoms. The second-order valence-electron chi connectivity index (χ2n) is 5.13. The quantitative estimate of drug-likeness (QED) is 0.709. The molecule has 0 N–H and O–H groups in total. The minimum absolute atomic E-state index is 0.0908. The molecule has 5 heteroatoms. The molecule has 2 rings (SSSR count). The lowest BCUT2D eigenvalue weighted by atomic mass is 9.84. The van der Waals surface area contributed by atoms with Crippen LogP contribution in [0.2, 0.25) is 0 Å². The van der Waals surface area contributed by atoms with Crippen molar-refractivity contribution in [1.82, 2.24) is 9.78 Å². The van der Waals surface area contributed by atoms with Crippen molar-refractivity contribution >= 4 is 12.7 Å². The molecule has 1 aliphatic rings. The van der Waals surface area contributed by atoms with Gasteiger partial charge in [0.15, 0.2) is 0 Å². The van der Waals surface area contributed by atoms with E-state index < -0.39 is 0 Å². The number of nitrogens with zero attached hydrogens (tertiary/aromatic N) is 2. The summed E-state index contributed by atoms with van der Waals surface area (Å²) in [5.74, 6) is 0. The molecular weight excluding hydrogens is 203 g/mol. The zero-order valence-corrected chi connectivity index (χ0v) is 10.6. The lowest BCUT2D eigenvalue weighted by Crippen LogP contribution is -2.40. The Kier molecular flexibility index (Phi) is 2.84. The van der Waals surface area contributed by atoms with Crippen molar-refractivity contribution in [3.05, 3.63) is 12.3 Å². The first-order chi connectivity index (χ1) is 7.42. The van der Waals surface area contributed by atoms with E-state index in [9.17, 15) is 0 Å². The van der Waals surface area contributed by atoms with Crippen molar-refractivity contribution < 1.29 is 9.31 Å². The molecule has 0 amide bonds. The molecule has 1 unspecified atom stereocenters. The van der Waals surface area contributed by atoms with Crippen LogP contribution in [0.15, 0.2) is 12.3 Å². The summed E-state index contributed by atoms with van der Waals surface area (Å²) in [6, 6.07) is 2.27. The van der Waals surface area contributed by atoms with Gasteiger partial charge in [0.2, 0.25) is 0 Å². The lowest BCUT2D eigenvalue weighted by Gasteiger charge is -2.21. The molecule has 1 atom stereocenters. The number of hydrogen-bond donors (Lipinski definition) is 0. The third kappa shape index (κ3) is 1.89. The van der Waals surface area contributed by atoms with E-state index >= 15 is 0 Å². The van der Waals surface area contributed by atoms with Crippen molar-refractivity contribution in [2.24, 2.45) is 0 Å². The summed E-state index contributed by atoms with van der Waals surface area (Å²) in [5, 5.41) is 4.29. The largest absolute Gasteiger partial charge is 0.514 e. The average Bonchev–Trinajstić information content (AvgIpc) is 2.71. The Balaban J connectivity index is 2.24. The van der Waals surface area contributed by atoms with Gasteiger partial charge in [-0.05, 0) is 40.7 Å². The van der Waals surface area contributed by atoms with Crippen LogP contribution in [0, 0.1) is 0 Å². The lowest BCUT2D eigenvalue weighted by molar-refractivity contribution is 0.0842. The Morgan fingerprint density at radius 2 is 2.19 bits per heavy atom. The van der Waals surface area contributed by atoms with Gasteiger partial charge in [0.1, 0.15) is 0 Å². The van der Waals surface area contributed by atoms with Gasteiger partial charge in [-0.25, -0.2) is 0 Å². The molecule has 0 saturated carbocycles. The van der Waals surface area contributed by atoms with Crippen LogP contribution < -0.4 is 5.59 Å². The highest BCUT2D eigenvalue weighted by Crippen LogP contribution is 2.26. The Morgan fingerprint density at radius 1 is 1.50 bits per heavy atom. The first-order valence-corrected chi connectivity index (χ1v) is 5.78. The SMILES string of the molecule is CC(C)n1nccc1B1OC(C)C(C)(C)O1. The molecule has 0 aromatic carbocycles.